The Balaban J connectivity index is 1.98. The molecule has 3 aromatic heterocycles. The van der Waals surface area contributed by atoms with Gasteiger partial charge in [0.1, 0.15) is 5.82 Å². The molecule has 4 heteroatoms. The van der Waals surface area contributed by atoms with E-state index in [9.17, 15) is 0 Å². The first-order valence-electron chi connectivity index (χ1n) is 4.72. The van der Waals surface area contributed by atoms with Crippen LogP contribution in [0.25, 0.3) is 11.2 Å². The number of aromatic nitrogens is 3. The number of nitrogens with zero attached hydrogens (tertiary/aromatic N) is 2. The highest BCUT2D eigenvalue weighted by molar-refractivity contribution is 7.07. The molecular weight excluding hydrogens is 206 g/mol. The molecule has 3 aromatic rings. The van der Waals surface area contributed by atoms with Gasteiger partial charge < -0.3 is 4.98 Å². The molecule has 0 saturated heterocycles. The Morgan fingerprint density at radius 3 is 3.13 bits per heavy atom. The number of hydrogen-bond donors (Lipinski definition) is 1. The summed E-state index contributed by atoms with van der Waals surface area (Å²) in [6.45, 7) is 0. The van der Waals surface area contributed by atoms with E-state index in [0.717, 1.165) is 23.4 Å². The second-order valence-corrected chi connectivity index (χ2v) is 4.15. The van der Waals surface area contributed by atoms with Gasteiger partial charge in [-0.2, -0.15) is 11.3 Å². The molecule has 0 amide bonds. The summed E-state index contributed by atoms with van der Waals surface area (Å²) >= 11 is 1.71. The van der Waals surface area contributed by atoms with E-state index in [1.54, 1.807) is 17.5 Å². The summed E-state index contributed by atoms with van der Waals surface area (Å²) in [6.07, 6.45) is 2.61. The van der Waals surface area contributed by atoms with Crippen LogP contribution in [0.5, 0.6) is 0 Å². The zero-order valence-electron chi connectivity index (χ0n) is 7.97. The van der Waals surface area contributed by atoms with Crippen molar-refractivity contribution in [2.75, 3.05) is 0 Å². The summed E-state index contributed by atoms with van der Waals surface area (Å²) in [5.41, 5.74) is 3.09. The van der Waals surface area contributed by atoms with Crippen molar-refractivity contribution in [3.63, 3.8) is 0 Å². The van der Waals surface area contributed by atoms with Crippen LogP contribution >= 0.6 is 11.3 Å². The maximum Gasteiger partial charge on any atom is 0.177 e. The fraction of sp³-hybridized carbons (Fsp3) is 0.0909. The van der Waals surface area contributed by atoms with Gasteiger partial charge in [-0.1, -0.05) is 0 Å². The summed E-state index contributed by atoms with van der Waals surface area (Å²) < 4.78 is 0. The van der Waals surface area contributed by atoms with Crippen LogP contribution in [0.1, 0.15) is 11.4 Å². The molecule has 0 fully saturated rings. The molecule has 0 aliphatic rings. The molecule has 0 spiro atoms. The van der Waals surface area contributed by atoms with Crippen LogP contribution in [-0.4, -0.2) is 15.0 Å². The van der Waals surface area contributed by atoms with Crippen LogP contribution in [0.3, 0.4) is 0 Å². The number of H-pyrrole nitrogens is 1. The molecule has 0 bridgehead atoms. The average Bonchev–Trinajstić information content (AvgIpc) is 2.86. The fourth-order valence-electron chi connectivity index (χ4n) is 1.57. The molecule has 3 nitrogen and oxygen atoms in total. The Morgan fingerprint density at radius 1 is 1.33 bits per heavy atom. The lowest BCUT2D eigenvalue weighted by molar-refractivity contribution is 1.04. The molecule has 0 radical (unpaired) electrons. The normalized spacial score (nSPS) is 10.9. The van der Waals surface area contributed by atoms with Gasteiger partial charge in [-0.3, -0.25) is 0 Å². The number of imidazole rings is 1. The maximum atomic E-state index is 4.43. The Bertz CT molecular complexity index is 535. The number of pyridine rings is 1. The molecule has 74 valence electrons. The van der Waals surface area contributed by atoms with E-state index in [2.05, 4.69) is 31.8 Å². The predicted molar refractivity (Wildman–Crippen MR) is 61.0 cm³/mol. The van der Waals surface area contributed by atoms with Crippen LogP contribution in [0.4, 0.5) is 0 Å². The molecule has 0 unspecified atom stereocenters. The van der Waals surface area contributed by atoms with Crippen LogP contribution < -0.4 is 0 Å². The van der Waals surface area contributed by atoms with E-state index in [1.165, 1.54) is 5.56 Å². The Labute approximate surface area is 90.8 Å². The summed E-state index contributed by atoms with van der Waals surface area (Å²) in [7, 11) is 0. The molecule has 3 heterocycles. The van der Waals surface area contributed by atoms with Crippen molar-refractivity contribution in [3.8, 4) is 0 Å². The summed E-state index contributed by atoms with van der Waals surface area (Å²) in [5.74, 6) is 0.974. The van der Waals surface area contributed by atoms with Crippen molar-refractivity contribution in [1.82, 2.24) is 15.0 Å². The average molecular weight is 215 g/mol. The predicted octanol–water partition coefficient (Wildman–Crippen LogP) is 2.61. The minimum atomic E-state index is 0.794. The molecule has 0 aliphatic carbocycles. The Hall–Kier alpha value is -1.68. The van der Waals surface area contributed by atoms with Crippen molar-refractivity contribution in [2.45, 2.75) is 6.42 Å². The van der Waals surface area contributed by atoms with E-state index >= 15 is 0 Å². The number of hydrogen-bond acceptors (Lipinski definition) is 3. The number of aromatic amines is 1. The molecule has 15 heavy (non-hydrogen) atoms. The topological polar surface area (TPSA) is 41.6 Å². The van der Waals surface area contributed by atoms with Gasteiger partial charge in [0, 0.05) is 12.6 Å². The SMILES string of the molecule is c1cnc2nc(Cc3ccsc3)[nH]c2c1. The van der Waals surface area contributed by atoms with Gasteiger partial charge in [0.05, 0.1) is 5.52 Å². The number of nitrogens with one attached hydrogen (secondary N) is 1. The number of rotatable bonds is 2. The maximum absolute atomic E-state index is 4.43. The first-order chi connectivity index (χ1) is 7.42. The highest BCUT2D eigenvalue weighted by Crippen LogP contribution is 2.13. The van der Waals surface area contributed by atoms with Gasteiger partial charge in [-0.25, -0.2) is 9.97 Å². The zero-order valence-corrected chi connectivity index (χ0v) is 8.79. The molecule has 1 N–H and O–H groups in total. The van der Waals surface area contributed by atoms with Gasteiger partial charge in [0.25, 0.3) is 0 Å². The van der Waals surface area contributed by atoms with E-state index in [4.69, 9.17) is 0 Å². The minimum absolute atomic E-state index is 0.794. The van der Waals surface area contributed by atoms with Crippen molar-refractivity contribution in [2.24, 2.45) is 0 Å². The molecule has 0 aliphatic heterocycles. The smallest absolute Gasteiger partial charge is 0.177 e. The number of thiophene rings is 1. The first kappa shape index (κ1) is 8.61. The van der Waals surface area contributed by atoms with Crippen LogP contribution in [0.2, 0.25) is 0 Å². The standard InChI is InChI=1S/C11H9N3S/c1-2-9-11(12-4-1)14-10(13-9)6-8-3-5-15-7-8/h1-5,7H,6H2,(H,12,13,14). The Kier molecular flexibility index (Phi) is 1.99. The lowest BCUT2D eigenvalue weighted by Gasteiger charge is -1.90. The second kappa shape index (κ2) is 3.47. The van der Waals surface area contributed by atoms with Gasteiger partial charge >= 0.3 is 0 Å². The monoisotopic (exact) mass is 215 g/mol. The van der Waals surface area contributed by atoms with E-state index in [1.807, 2.05) is 12.1 Å². The minimum Gasteiger partial charge on any atom is -0.340 e. The van der Waals surface area contributed by atoms with Crippen LogP contribution in [-0.2, 0) is 6.42 Å². The summed E-state index contributed by atoms with van der Waals surface area (Å²) in [6, 6.07) is 6.02. The third kappa shape index (κ3) is 1.64. The molecule has 0 saturated carbocycles. The quantitative estimate of drug-likeness (QED) is 0.714. The van der Waals surface area contributed by atoms with Crippen LogP contribution in [0, 0.1) is 0 Å². The van der Waals surface area contributed by atoms with Crippen molar-refractivity contribution in [1.29, 1.82) is 0 Å². The highest BCUT2D eigenvalue weighted by atomic mass is 32.1. The lowest BCUT2D eigenvalue weighted by Crippen LogP contribution is -1.87. The van der Waals surface area contributed by atoms with Crippen molar-refractivity contribution < 1.29 is 0 Å². The number of fused-ring (bicyclic) bond motifs is 1. The highest BCUT2D eigenvalue weighted by Gasteiger charge is 2.03. The van der Waals surface area contributed by atoms with E-state index in [-0.39, 0.29) is 0 Å². The zero-order chi connectivity index (χ0) is 10.1. The van der Waals surface area contributed by atoms with Crippen molar-refractivity contribution >= 4 is 22.5 Å². The van der Waals surface area contributed by atoms with Gasteiger partial charge in [-0.15, -0.1) is 0 Å². The first-order valence-corrected chi connectivity index (χ1v) is 5.67. The van der Waals surface area contributed by atoms with Crippen molar-refractivity contribution in [3.05, 3.63) is 46.5 Å². The largest absolute Gasteiger partial charge is 0.340 e. The summed E-state index contributed by atoms with van der Waals surface area (Å²) in [4.78, 5) is 11.9. The van der Waals surface area contributed by atoms with Gasteiger partial charge in [0.15, 0.2) is 5.65 Å². The Morgan fingerprint density at radius 2 is 2.33 bits per heavy atom. The third-order valence-electron chi connectivity index (χ3n) is 2.26. The van der Waals surface area contributed by atoms with Gasteiger partial charge in [0.2, 0.25) is 0 Å². The molecule has 0 aromatic carbocycles. The lowest BCUT2D eigenvalue weighted by atomic mass is 10.2. The van der Waals surface area contributed by atoms with Gasteiger partial charge in [-0.05, 0) is 34.5 Å². The van der Waals surface area contributed by atoms with E-state index < -0.39 is 0 Å². The van der Waals surface area contributed by atoms with E-state index in [0.29, 0.717) is 0 Å². The fourth-order valence-corrected chi connectivity index (χ4v) is 2.23. The van der Waals surface area contributed by atoms with Crippen LogP contribution in [0.15, 0.2) is 35.2 Å². The molecular formula is C11H9N3S. The molecule has 3 rings (SSSR count). The molecule has 0 atom stereocenters. The summed E-state index contributed by atoms with van der Waals surface area (Å²) in [5, 5.41) is 4.22. The third-order valence-corrected chi connectivity index (χ3v) is 2.99. The second-order valence-electron chi connectivity index (χ2n) is 3.37.